The van der Waals surface area contributed by atoms with Crippen LogP contribution in [0.2, 0.25) is 0 Å². The molecule has 0 spiro atoms. The molecule has 1 aliphatic heterocycles. The number of rotatable bonds is 2. The molecule has 1 atom stereocenters. The molecule has 5 heteroatoms. The van der Waals surface area contributed by atoms with E-state index in [1.807, 2.05) is 13.1 Å². The van der Waals surface area contributed by atoms with Crippen molar-refractivity contribution in [2.24, 2.45) is 0 Å². The summed E-state index contributed by atoms with van der Waals surface area (Å²) in [6, 6.07) is 3.72. The molecule has 0 saturated carbocycles. The second-order valence-electron chi connectivity index (χ2n) is 4.25. The molecule has 0 radical (unpaired) electrons. The Kier molecular flexibility index (Phi) is 3.35. The summed E-state index contributed by atoms with van der Waals surface area (Å²) < 4.78 is 0. The fraction of sp³-hybridized carbons (Fsp3) is 0.417. The zero-order chi connectivity index (χ0) is 12.3. The molecule has 88 valence electrons. The Morgan fingerprint density at radius 3 is 3.18 bits per heavy atom. The van der Waals surface area contributed by atoms with Crippen LogP contribution >= 0.6 is 0 Å². The average molecular weight is 230 g/mol. The third-order valence-electron chi connectivity index (χ3n) is 2.91. The molecule has 1 aliphatic rings. The lowest BCUT2D eigenvalue weighted by molar-refractivity contribution is 0.0938. The summed E-state index contributed by atoms with van der Waals surface area (Å²) in [7, 11) is 2.02. The largest absolute Gasteiger partial charge is 0.348 e. The van der Waals surface area contributed by atoms with Crippen LogP contribution in [0, 0.1) is 11.3 Å². The maximum absolute atomic E-state index is 12.0. The second-order valence-corrected chi connectivity index (χ2v) is 4.25. The minimum absolute atomic E-state index is 0.166. The second kappa shape index (κ2) is 4.93. The molecule has 2 heterocycles. The topological polar surface area (TPSA) is 69.0 Å². The molecule has 1 aromatic rings. The third-order valence-corrected chi connectivity index (χ3v) is 2.91. The lowest BCUT2D eigenvalue weighted by Crippen LogP contribution is -2.36. The molecule has 1 N–H and O–H groups in total. The van der Waals surface area contributed by atoms with E-state index >= 15 is 0 Å². The van der Waals surface area contributed by atoms with Gasteiger partial charge in [-0.2, -0.15) is 5.26 Å². The van der Waals surface area contributed by atoms with Gasteiger partial charge in [0.2, 0.25) is 0 Å². The van der Waals surface area contributed by atoms with Crippen LogP contribution < -0.4 is 5.32 Å². The fourth-order valence-electron chi connectivity index (χ4n) is 1.99. The first-order chi connectivity index (χ1) is 8.20. The summed E-state index contributed by atoms with van der Waals surface area (Å²) in [4.78, 5) is 18.0. The van der Waals surface area contributed by atoms with Gasteiger partial charge in [-0.1, -0.05) is 0 Å². The highest BCUT2D eigenvalue weighted by Crippen LogP contribution is 2.09. The molecular formula is C12H14N4O. The van der Waals surface area contributed by atoms with Gasteiger partial charge in [-0.3, -0.25) is 9.78 Å². The Morgan fingerprint density at radius 1 is 1.71 bits per heavy atom. The number of nitrogens with one attached hydrogen (secondary N) is 1. The van der Waals surface area contributed by atoms with Gasteiger partial charge >= 0.3 is 0 Å². The highest BCUT2D eigenvalue weighted by Gasteiger charge is 2.22. The molecule has 0 aliphatic carbocycles. The van der Waals surface area contributed by atoms with Crippen LogP contribution in [-0.2, 0) is 0 Å². The monoisotopic (exact) mass is 230 g/mol. The van der Waals surface area contributed by atoms with Crippen molar-refractivity contribution in [2.75, 3.05) is 20.1 Å². The van der Waals surface area contributed by atoms with Crippen molar-refractivity contribution < 1.29 is 4.79 Å². The Balaban J connectivity index is 2.07. The summed E-state index contributed by atoms with van der Waals surface area (Å²) in [6.07, 6.45) is 3.90. The Hall–Kier alpha value is -1.93. The van der Waals surface area contributed by atoms with E-state index in [2.05, 4.69) is 15.2 Å². The molecule has 5 nitrogen and oxygen atoms in total. The smallest absolute Gasteiger partial charge is 0.254 e. The van der Waals surface area contributed by atoms with Crippen LogP contribution in [0.1, 0.15) is 22.3 Å². The molecule has 1 unspecified atom stereocenters. The highest BCUT2D eigenvalue weighted by atomic mass is 16.1. The Labute approximate surface area is 100 Å². The van der Waals surface area contributed by atoms with E-state index in [0.29, 0.717) is 11.1 Å². The van der Waals surface area contributed by atoms with E-state index in [1.54, 1.807) is 6.07 Å². The van der Waals surface area contributed by atoms with Crippen molar-refractivity contribution in [3.63, 3.8) is 0 Å². The van der Waals surface area contributed by atoms with Crippen molar-refractivity contribution >= 4 is 5.91 Å². The number of amides is 1. The molecule has 1 amide bonds. The average Bonchev–Trinajstić information content (AvgIpc) is 2.74. The van der Waals surface area contributed by atoms with Crippen molar-refractivity contribution in [3.8, 4) is 6.07 Å². The minimum Gasteiger partial charge on any atom is -0.348 e. The Morgan fingerprint density at radius 2 is 2.53 bits per heavy atom. The molecule has 0 bridgehead atoms. The van der Waals surface area contributed by atoms with Gasteiger partial charge in [-0.15, -0.1) is 0 Å². The molecule has 17 heavy (non-hydrogen) atoms. The first kappa shape index (κ1) is 11.6. The zero-order valence-corrected chi connectivity index (χ0v) is 9.68. The summed E-state index contributed by atoms with van der Waals surface area (Å²) in [6.45, 7) is 1.84. The highest BCUT2D eigenvalue weighted by molar-refractivity contribution is 5.96. The number of pyridine rings is 1. The van der Waals surface area contributed by atoms with Crippen LogP contribution in [0.3, 0.4) is 0 Å². The van der Waals surface area contributed by atoms with Crippen LogP contribution in [0.25, 0.3) is 0 Å². The van der Waals surface area contributed by atoms with E-state index in [4.69, 9.17) is 5.26 Å². The number of nitrogens with zero attached hydrogens (tertiary/aromatic N) is 3. The number of carbonyl (C=O) groups excluding carboxylic acids is 1. The van der Waals surface area contributed by atoms with E-state index in [9.17, 15) is 4.79 Å². The maximum atomic E-state index is 12.0. The van der Waals surface area contributed by atoms with Gasteiger partial charge in [0.05, 0.1) is 11.1 Å². The normalized spacial score (nSPS) is 19.9. The number of carbonyl (C=O) groups is 1. The number of nitriles is 1. The number of likely N-dealkylation sites (N-methyl/N-ethyl adjacent to an activating group) is 1. The van der Waals surface area contributed by atoms with Crippen LogP contribution in [0.15, 0.2) is 18.5 Å². The quantitative estimate of drug-likeness (QED) is 0.797. The first-order valence-corrected chi connectivity index (χ1v) is 5.54. The molecule has 2 rings (SSSR count). The van der Waals surface area contributed by atoms with Gasteiger partial charge in [0.1, 0.15) is 6.07 Å². The molecule has 1 fully saturated rings. The molecular weight excluding hydrogens is 216 g/mol. The summed E-state index contributed by atoms with van der Waals surface area (Å²) in [5.74, 6) is -0.213. The van der Waals surface area contributed by atoms with Crippen LogP contribution in [0.4, 0.5) is 0 Å². The summed E-state index contributed by atoms with van der Waals surface area (Å²) in [5, 5.41) is 11.8. The van der Waals surface area contributed by atoms with Crippen LogP contribution in [-0.4, -0.2) is 42.0 Å². The van der Waals surface area contributed by atoms with Crippen molar-refractivity contribution in [3.05, 3.63) is 29.6 Å². The Bertz CT molecular complexity index is 466. The summed E-state index contributed by atoms with van der Waals surface area (Å²) in [5.41, 5.74) is 0.716. The predicted octanol–water partition coefficient (Wildman–Crippen LogP) is 0.387. The fourth-order valence-corrected chi connectivity index (χ4v) is 1.99. The number of hydrogen-bond acceptors (Lipinski definition) is 4. The number of aromatic nitrogens is 1. The van der Waals surface area contributed by atoms with Gasteiger partial charge in [0, 0.05) is 25.0 Å². The molecule has 0 aromatic carbocycles. The van der Waals surface area contributed by atoms with Gasteiger partial charge in [-0.05, 0) is 26.1 Å². The van der Waals surface area contributed by atoms with Gasteiger partial charge < -0.3 is 10.2 Å². The van der Waals surface area contributed by atoms with Crippen molar-refractivity contribution in [1.29, 1.82) is 5.26 Å². The lowest BCUT2D eigenvalue weighted by atomic mass is 10.1. The van der Waals surface area contributed by atoms with E-state index in [0.717, 1.165) is 19.5 Å². The lowest BCUT2D eigenvalue weighted by Gasteiger charge is -2.13. The van der Waals surface area contributed by atoms with E-state index < -0.39 is 0 Å². The zero-order valence-electron chi connectivity index (χ0n) is 9.68. The molecule has 1 saturated heterocycles. The summed E-state index contributed by atoms with van der Waals surface area (Å²) >= 11 is 0. The van der Waals surface area contributed by atoms with Gasteiger partial charge in [0.15, 0.2) is 0 Å². The predicted molar refractivity (Wildman–Crippen MR) is 62.3 cm³/mol. The van der Waals surface area contributed by atoms with Crippen molar-refractivity contribution in [2.45, 2.75) is 12.5 Å². The molecule has 1 aromatic heterocycles. The maximum Gasteiger partial charge on any atom is 0.254 e. The third kappa shape index (κ3) is 2.60. The number of hydrogen-bond donors (Lipinski definition) is 1. The van der Waals surface area contributed by atoms with Gasteiger partial charge in [-0.25, -0.2) is 0 Å². The van der Waals surface area contributed by atoms with E-state index in [1.165, 1.54) is 12.4 Å². The standard InChI is InChI=1S/C12H14N4O/c1-16-5-3-10(8-16)15-12(17)11-7-14-4-2-9(11)6-13/h2,4,7,10H,3,5,8H2,1H3,(H,15,17). The minimum atomic E-state index is -0.213. The van der Waals surface area contributed by atoms with Gasteiger partial charge in [0.25, 0.3) is 5.91 Å². The van der Waals surface area contributed by atoms with E-state index in [-0.39, 0.29) is 11.9 Å². The first-order valence-electron chi connectivity index (χ1n) is 5.54. The number of likely N-dealkylation sites (tertiary alicyclic amines) is 1. The van der Waals surface area contributed by atoms with Crippen molar-refractivity contribution in [1.82, 2.24) is 15.2 Å². The SMILES string of the molecule is CN1CCC(NC(=O)c2cnccc2C#N)C1. The van der Waals surface area contributed by atoms with Crippen LogP contribution in [0.5, 0.6) is 0 Å².